The molecule has 1 saturated heterocycles. The fourth-order valence-corrected chi connectivity index (χ4v) is 8.94. The Balaban J connectivity index is 1.25. The van der Waals surface area contributed by atoms with Gasteiger partial charge in [-0.1, -0.05) is 48.9 Å². The first-order chi connectivity index (χ1) is 23.3. The van der Waals surface area contributed by atoms with E-state index in [-0.39, 0.29) is 41.7 Å². The Morgan fingerprint density at radius 2 is 1.71 bits per heavy atom. The second kappa shape index (κ2) is 12.2. The molecule has 2 aromatic carbocycles. The molecule has 4 aliphatic rings. The van der Waals surface area contributed by atoms with E-state index in [9.17, 15) is 18.0 Å². The third kappa shape index (κ3) is 6.23. The van der Waals surface area contributed by atoms with Crippen molar-refractivity contribution in [1.82, 2.24) is 14.9 Å². The van der Waals surface area contributed by atoms with Gasteiger partial charge in [-0.25, -0.2) is 14.8 Å². The number of rotatable bonds is 10. The van der Waals surface area contributed by atoms with Gasteiger partial charge in [0.1, 0.15) is 6.61 Å². The molecule has 262 valence electrons. The Bertz CT molecular complexity index is 1690. The number of ether oxygens (including phenoxy) is 3. The molecular weight excluding hydrogens is 633 g/mol. The lowest BCUT2D eigenvalue weighted by atomic mass is 9.77. The van der Waals surface area contributed by atoms with Crippen LogP contribution in [0.5, 0.6) is 5.75 Å². The van der Waals surface area contributed by atoms with Crippen LogP contribution in [-0.2, 0) is 22.2 Å². The largest absolute Gasteiger partial charge is 0.488 e. The molecule has 3 aliphatic carbocycles. The molecule has 11 heteroatoms. The van der Waals surface area contributed by atoms with Crippen molar-refractivity contribution >= 4 is 12.0 Å². The highest BCUT2D eigenvalue weighted by Crippen LogP contribution is 2.77. The summed E-state index contributed by atoms with van der Waals surface area (Å²) in [7, 11) is 1.60. The van der Waals surface area contributed by atoms with Crippen molar-refractivity contribution in [3.8, 4) is 5.75 Å². The number of anilines is 1. The fraction of sp³-hybridized carbons (Fsp3) is 0.553. The van der Waals surface area contributed by atoms with Crippen LogP contribution in [0.15, 0.2) is 60.9 Å². The van der Waals surface area contributed by atoms with Crippen LogP contribution in [0.1, 0.15) is 81.0 Å². The molecule has 3 aromatic rings. The van der Waals surface area contributed by atoms with Crippen LogP contribution in [-0.4, -0.2) is 64.5 Å². The highest BCUT2D eigenvalue weighted by Gasteiger charge is 2.80. The number of piperidine rings is 1. The highest BCUT2D eigenvalue weighted by atomic mass is 19.4. The normalized spacial score (nSPS) is 29.8. The molecule has 3 saturated carbocycles. The summed E-state index contributed by atoms with van der Waals surface area (Å²) in [6, 6.07) is 14.6. The summed E-state index contributed by atoms with van der Waals surface area (Å²) in [5, 5.41) is 0. The molecule has 4 fully saturated rings. The average Bonchev–Trinajstić information content (AvgIpc) is 4.00. The van der Waals surface area contributed by atoms with E-state index in [4.69, 9.17) is 14.2 Å². The van der Waals surface area contributed by atoms with E-state index in [2.05, 4.69) is 38.8 Å². The van der Waals surface area contributed by atoms with Crippen LogP contribution in [0.4, 0.5) is 23.9 Å². The predicted molar refractivity (Wildman–Crippen MR) is 178 cm³/mol. The van der Waals surface area contributed by atoms with Crippen molar-refractivity contribution in [2.45, 2.75) is 102 Å². The summed E-state index contributed by atoms with van der Waals surface area (Å²) in [6.07, 6.45) is 2.46. The number of aryl methyl sites for hydroxylation is 1. The van der Waals surface area contributed by atoms with Crippen LogP contribution < -0.4 is 9.64 Å². The van der Waals surface area contributed by atoms with Gasteiger partial charge in [0.05, 0.1) is 41.7 Å². The minimum absolute atomic E-state index is 0.0237. The van der Waals surface area contributed by atoms with Gasteiger partial charge in [0, 0.05) is 25.6 Å². The Labute approximate surface area is 286 Å². The number of carbonyl (C=O) groups excluding carboxylic acids is 1. The van der Waals surface area contributed by atoms with Crippen LogP contribution in [0, 0.1) is 18.3 Å². The van der Waals surface area contributed by atoms with Crippen molar-refractivity contribution in [3.05, 3.63) is 83.2 Å². The Hall–Kier alpha value is -3.86. The number of benzene rings is 2. The van der Waals surface area contributed by atoms with Crippen LogP contribution >= 0.6 is 0 Å². The second-order valence-corrected chi connectivity index (χ2v) is 15.1. The molecule has 3 spiro atoms. The van der Waals surface area contributed by atoms with Gasteiger partial charge in [-0.3, -0.25) is 4.90 Å². The first-order valence-corrected chi connectivity index (χ1v) is 17.2. The van der Waals surface area contributed by atoms with Gasteiger partial charge in [0.15, 0.2) is 5.75 Å². The molecule has 7 rings (SSSR count). The maximum absolute atomic E-state index is 14.0. The predicted octanol–water partition coefficient (Wildman–Crippen LogP) is 7.94. The lowest BCUT2D eigenvalue weighted by molar-refractivity contribution is -0.137. The van der Waals surface area contributed by atoms with Crippen molar-refractivity contribution in [2.75, 3.05) is 25.2 Å². The summed E-state index contributed by atoms with van der Waals surface area (Å²) in [4.78, 5) is 27.6. The van der Waals surface area contributed by atoms with Crippen molar-refractivity contribution < 1.29 is 32.2 Å². The van der Waals surface area contributed by atoms with E-state index < -0.39 is 17.3 Å². The lowest BCUT2D eigenvalue weighted by Gasteiger charge is -2.49. The molecule has 8 nitrogen and oxygen atoms in total. The van der Waals surface area contributed by atoms with Gasteiger partial charge < -0.3 is 19.1 Å². The van der Waals surface area contributed by atoms with E-state index in [1.54, 1.807) is 26.4 Å². The van der Waals surface area contributed by atoms with Crippen LogP contribution in [0.3, 0.4) is 0 Å². The summed E-state index contributed by atoms with van der Waals surface area (Å²) in [5.74, 6) is 1.42. The number of halogens is 3. The minimum Gasteiger partial charge on any atom is -0.488 e. The summed E-state index contributed by atoms with van der Waals surface area (Å²) in [6.45, 7) is 8.67. The Morgan fingerprint density at radius 3 is 2.35 bits per heavy atom. The van der Waals surface area contributed by atoms with Crippen molar-refractivity contribution in [3.63, 3.8) is 0 Å². The number of carbonyl (C=O) groups is 1. The molecule has 0 bridgehead atoms. The van der Waals surface area contributed by atoms with Gasteiger partial charge in [-0.2, -0.15) is 13.2 Å². The SMILES string of the molecule is COCCOc1cnc(N(Cc2cc(C)cc(C(F)(F)F)c2)C2CC23CC2(C[C@H]2C)N(C(=O)OC(C)C)C2(C[C@H]2c2ccccc2)C3)nc1. The monoisotopic (exact) mass is 678 g/mol. The number of methoxy groups -OCH3 is 1. The van der Waals surface area contributed by atoms with E-state index in [1.807, 2.05) is 38.1 Å². The number of alkyl halides is 3. The zero-order valence-corrected chi connectivity index (χ0v) is 28.8. The number of likely N-dealkylation sites (tertiary alicyclic amines) is 1. The van der Waals surface area contributed by atoms with Crippen LogP contribution in [0.25, 0.3) is 0 Å². The molecule has 4 unspecified atom stereocenters. The minimum atomic E-state index is -4.46. The standard InChI is InChI=1S/C38H45F3N4O4/c1-24(2)49-34(46)45-36(16-26(36)4)22-35(23-37(45)17-31(37)28-9-7-6-8-10-28)18-32(35)44(33-42-19-30(20-43-33)48-12-11-47-5)21-27-13-25(3)14-29(15-27)38(39,40)41/h6-10,13-15,19-20,24,26,31-32H,11-12,16-18,21-23H2,1-5H3/t26-,31+,32?,35?,36?,37?/m1/s1. The fourth-order valence-electron chi connectivity index (χ4n) is 8.94. The Kier molecular flexibility index (Phi) is 8.36. The first-order valence-electron chi connectivity index (χ1n) is 17.2. The molecule has 1 aliphatic heterocycles. The molecule has 0 N–H and O–H groups in total. The molecule has 6 atom stereocenters. The smallest absolute Gasteiger partial charge is 0.416 e. The van der Waals surface area contributed by atoms with Crippen LogP contribution in [0.2, 0.25) is 0 Å². The van der Waals surface area contributed by atoms with E-state index in [1.165, 1.54) is 17.7 Å². The van der Waals surface area contributed by atoms with E-state index in [0.717, 1.165) is 32.1 Å². The summed E-state index contributed by atoms with van der Waals surface area (Å²) in [5.41, 5.74) is 0.742. The summed E-state index contributed by atoms with van der Waals surface area (Å²) >= 11 is 0. The van der Waals surface area contributed by atoms with Gasteiger partial charge in [-0.05, 0) is 87.5 Å². The number of hydrogen-bond acceptors (Lipinski definition) is 7. The summed E-state index contributed by atoms with van der Waals surface area (Å²) < 4.78 is 58.5. The number of hydrogen-bond donors (Lipinski definition) is 0. The lowest BCUT2D eigenvalue weighted by Crippen LogP contribution is -2.59. The highest BCUT2D eigenvalue weighted by molar-refractivity contribution is 5.73. The zero-order chi connectivity index (χ0) is 34.8. The molecule has 1 amide bonds. The van der Waals surface area contributed by atoms with Gasteiger partial charge in [0.25, 0.3) is 0 Å². The maximum Gasteiger partial charge on any atom is 0.416 e. The van der Waals surface area contributed by atoms with Gasteiger partial charge in [-0.15, -0.1) is 0 Å². The molecule has 1 aromatic heterocycles. The molecule has 0 radical (unpaired) electrons. The zero-order valence-electron chi connectivity index (χ0n) is 28.8. The maximum atomic E-state index is 14.0. The number of amides is 1. The topological polar surface area (TPSA) is 77.0 Å². The van der Waals surface area contributed by atoms with Gasteiger partial charge in [0.2, 0.25) is 5.95 Å². The molecular formula is C38H45F3N4O4. The second-order valence-electron chi connectivity index (χ2n) is 15.1. The average molecular weight is 679 g/mol. The number of aromatic nitrogens is 2. The third-order valence-electron chi connectivity index (χ3n) is 11.2. The van der Waals surface area contributed by atoms with E-state index in [0.29, 0.717) is 42.0 Å². The van der Waals surface area contributed by atoms with Crippen molar-refractivity contribution in [2.24, 2.45) is 11.3 Å². The first kappa shape index (κ1) is 33.6. The van der Waals surface area contributed by atoms with E-state index >= 15 is 0 Å². The van der Waals surface area contributed by atoms with Crippen molar-refractivity contribution in [1.29, 1.82) is 0 Å². The molecule has 49 heavy (non-hydrogen) atoms. The number of nitrogens with zero attached hydrogens (tertiary/aromatic N) is 4. The third-order valence-corrected chi connectivity index (χ3v) is 11.2. The quantitative estimate of drug-likeness (QED) is 0.202. The van der Waals surface area contributed by atoms with Gasteiger partial charge >= 0.3 is 12.3 Å². The Morgan fingerprint density at radius 1 is 1.02 bits per heavy atom. The molecule has 2 heterocycles.